The van der Waals surface area contributed by atoms with E-state index < -0.39 is 19.7 Å². The summed E-state index contributed by atoms with van der Waals surface area (Å²) in [4.78, 5) is 3.21. The van der Waals surface area contributed by atoms with Crippen LogP contribution in [-0.2, 0) is 26.1 Å². The molecule has 0 aliphatic rings. The van der Waals surface area contributed by atoms with Crippen molar-refractivity contribution >= 4 is 30.6 Å². The second-order valence-electron chi connectivity index (χ2n) is 7.34. The largest absolute Gasteiger partial charge is 0.346 e. The molecule has 0 saturated carbocycles. The van der Waals surface area contributed by atoms with Gasteiger partial charge in [-0.15, -0.1) is 0 Å². The van der Waals surface area contributed by atoms with Gasteiger partial charge in [-0.1, -0.05) is 61.5 Å². The van der Waals surface area contributed by atoms with E-state index in [4.69, 9.17) is 0 Å². The van der Waals surface area contributed by atoms with E-state index in [0.29, 0.717) is 4.90 Å². The van der Waals surface area contributed by atoms with Crippen molar-refractivity contribution in [1.29, 1.82) is 0 Å². The number of benzene rings is 3. The smallest absolute Gasteiger partial charge is 0.190 e. The van der Waals surface area contributed by atoms with Gasteiger partial charge in [0.2, 0.25) is 0 Å². The molecule has 1 N–H and O–H groups in total. The van der Waals surface area contributed by atoms with Gasteiger partial charge in [-0.25, -0.2) is 16.8 Å². The van der Waals surface area contributed by atoms with Gasteiger partial charge >= 0.3 is 0 Å². The van der Waals surface area contributed by atoms with Crippen LogP contribution in [0.2, 0.25) is 0 Å². The first-order valence-corrected chi connectivity index (χ1v) is 13.5. The molecule has 31 heavy (non-hydrogen) atoms. The van der Waals surface area contributed by atoms with Crippen LogP contribution in [0.1, 0.15) is 12.5 Å². The van der Waals surface area contributed by atoms with E-state index in [0.717, 1.165) is 28.5 Å². The number of nitrogens with one attached hydrogen (secondary N) is 1. The number of aromatic nitrogens is 1. The Bertz CT molecular complexity index is 1350. The molecule has 5 nitrogen and oxygen atoms in total. The van der Waals surface area contributed by atoms with E-state index in [1.807, 2.05) is 36.4 Å². The Labute approximate surface area is 183 Å². The Morgan fingerprint density at radius 3 is 1.74 bits per heavy atom. The first-order chi connectivity index (χ1) is 14.6. The maximum absolute atomic E-state index is 11.4. The lowest BCUT2D eigenvalue weighted by Gasteiger charge is -2.04. The number of hydrogen-bond donors (Lipinski definition) is 1. The average Bonchev–Trinajstić information content (AvgIpc) is 3.19. The van der Waals surface area contributed by atoms with Crippen LogP contribution in [-0.4, -0.2) is 34.3 Å². The van der Waals surface area contributed by atoms with Crippen molar-refractivity contribution in [2.75, 3.05) is 12.5 Å². The third-order valence-electron chi connectivity index (χ3n) is 4.88. The SMILES string of the molecule is CCc1ccc(-c2ccc(S(C)(=O)=O)cc2)cc1.CS(=O)(=O)c1cc2ccccc2[nH]1. The highest BCUT2D eigenvalue weighted by molar-refractivity contribution is 7.91. The van der Waals surface area contributed by atoms with E-state index >= 15 is 0 Å². The number of fused-ring (bicyclic) bond motifs is 1. The molecule has 0 amide bonds. The maximum Gasteiger partial charge on any atom is 0.190 e. The van der Waals surface area contributed by atoms with Gasteiger partial charge in [0, 0.05) is 23.4 Å². The molecule has 0 radical (unpaired) electrons. The summed E-state index contributed by atoms with van der Waals surface area (Å²) in [5.41, 5.74) is 4.28. The molecule has 0 saturated heterocycles. The highest BCUT2D eigenvalue weighted by Gasteiger charge is 2.09. The van der Waals surface area contributed by atoms with Crippen LogP contribution < -0.4 is 0 Å². The molecule has 4 aromatic rings. The van der Waals surface area contributed by atoms with Crippen molar-refractivity contribution in [3.05, 3.63) is 84.4 Å². The maximum atomic E-state index is 11.4. The fraction of sp³-hybridized carbons (Fsp3) is 0.167. The first-order valence-electron chi connectivity index (χ1n) is 9.75. The van der Waals surface area contributed by atoms with Gasteiger partial charge in [-0.2, -0.15) is 0 Å². The molecule has 0 fully saturated rings. The zero-order valence-corrected chi connectivity index (χ0v) is 19.3. The van der Waals surface area contributed by atoms with Crippen molar-refractivity contribution in [2.45, 2.75) is 23.3 Å². The molecular formula is C24H25NO4S2. The van der Waals surface area contributed by atoms with Gasteiger partial charge in [0.15, 0.2) is 19.7 Å². The molecule has 4 rings (SSSR count). The van der Waals surface area contributed by atoms with Crippen LogP contribution in [0.3, 0.4) is 0 Å². The number of H-pyrrole nitrogens is 1. The van der Waals surface area contributed by atoms with E-state index in [1.165, 1.54) is 18.1 Å². The van der Waals surface area contributed by atoms with E-state index in [1.54, 1.807) is 18.2 Å². The lowest BCUT2D eigenvalue weighted by molar-refractivity contribution is 0.598. The van der Waals surface area contributed by atoms with Gasteiger partial charge < -0.3 is 4.98 Å². The summed E-state index contributed by atoms with van der Waals surface area (Å²) in [5, 5.41) is 1.19. The number of aryl methyl sites for hydroxylation is 1. The summed E-state index contributed by atoms with van der Waals surface area (Å²) in [6.07, 6.45) is 3.43. The number of rotatable bonds is 4. The van der Waals surface area contributed by atoms with Crippen molar-refractivity contribution in [3.63, 3.8) is 0 Å². The number of hydrogen-bond acceptors (Lipinski definition) is 4. The third-order valence-corrected chi connectivity index (χ3v) is 7.03. The molecule has 7 heteroatoms. The lowest BCUT2D eigenvalue weighted by atomic mass is 10.0. The Morgan fingerprint density at radius 2 is 1.26 bits per heavy atom. The van der Waals surface area contributed by atoms with Crippen molar-refractivity contribution in [3.8, 4) is 11.1 Å². The summed E-state index contributed by atoms with van der Waals surface area (Å²) in [6.45, 7) is 2.12. The number of aromatic amines is 1. The molecule has 1 heterocycles. The van der Waals surface area contributed by atoms with Gasteiger partial charge in [0.25, 0.3) is 0 Å². The molecule has 0 bridgehead atoms. The molecule has 0 spiro atoms. The van der Waals surface area contributed by atoms with Gasteiger partial charge in [-0.3, -0.25) is 0 Å². The summed E-state index contributed by atoms with van der Waals surface area (Å²) in [5.74, 6) is 0. The number of para-hydroxylation sites is 1. The lowest BCUT2D eigenvalue weighted by Crippen LogP contribution is -1.96. The Kier molecular flexibility index (Phi) is 6.67. The van der Waals surface area contributed by atoms with Crippen LogP contribution in [0.4, 0.5) is 0 Å². The molecule has 0 unspecified atom stereocenters. The summed E-state index contributed by atoms with van der Waals surface area (Å²) >= 11 is 0. The molecule has 162 valence electrons. The first kappa shape index (κ1) is 22.8. The predicted octanol–water partition coefficient (Wildman–Crippen LogP) is 4.89. The van der Waals surface area contributed by atoms with Crippen molar-refractivity contribution in [2.24, 2.45) is 0 Å². The quantitative estimate of drug-likeness (QED) is 0.475. The fourth-order valence-electron chi connectivity index (χ4n) is 3.07. The molecule has 0 aliphatic heterocycles. The average molecular weight is 456 g/mol. The third kappa shape index (κ3) is 5.83. The molecule has 1 aromatic heterocycles. The molecule has 0 aliphatic carbocycles. The van der Waals surface area contributed by atoms with E-state index in [-0.39, 0.29) is 5.03 Å². The van der Waals surface area contributed by atoms with Crippen molar-refractivity contribution < 1.29 is 16.8 Å². The second kappa shape index (κ2) is 9.08. The summed E-state index contributed by atoms with van der Waals surface area (Å²) < 4.78 is 45.1. The van der Waals surface area contributed by atoms with Crippen LogP contribution in [0, 0.1) is 0 Å². The summed E-state index contributed by atoms with van der Waals surface area (Å²) in [7, 11) is -6.23. The minimum Gasteiger partial charge on any atom is -0.346 e. The van der Waals surface area contributed by atoms with Crippen molar-refractivity contribution in [1.82, 2.24) is 4.98 Å². The minimum absolute atomic E-state index is 0.272. The van der Waals surface area contributed by atoms with Crippen LogP contribution in [0.25, 0.3) is 22.0 Å². The van der Waals surface area contributed by atoms with Gasteiger partial charge in [0.05, 0.1) is 4.90 Å². The summed E-state index contributed by atoms with van der Waals surface area (Å²) in [6, 6.07) is 24.4. The number of sulfone groups is 2. The normalized spacial score (nSPS) is 11.7. The van der Waals surface area contributed by atoms with Crippen LogP contribution in [0.15, 0.2) is 88.8 Å². The highest BCUT2D eigenvalue weighted by atomic mass is 32.2. The second-order valence-corrected chi connectivity index (χ2v) is 11.3. The molecular weight excluding hydrogens is 430 g/mol. The molecule has 3 aromatic carbocycles. The monoisotopic (exact) mass is 455 g/mol. The molecule has 0 atom stereocenters. The zero-order valence-electron chi connectivity index (χ0n) is 17.7. The van der Waals surface area contributed by atoms with E-state index in [2.05, 4.69) is 36.2 Å². The Hall–Kier alpha value is -2.90. The Morgan fingerprint density at radius 1 is 0.710 bits per heavy atom. The van der Waals surface area contributed by atoms with E-state index in [9.17, 15) is 16.8 Å². The fourth-order valence-corrected chi connectivity index (χ4v) is 4.34. The Balaban J connectivity index is 0.000000185. The van der Waals surface area contributed by atoms with Crippen LogP contribution in [0.5, 0.6) is 0 Å². The highest BCUT2D eigenvalue weighted by Crippen LogP contribution is 2.22. The zero-order chi connectivity index (χ0) is 22.6. The predicted molar refractivity (Wildman–Crippen MR) is 126 cm³/mol. The van der Waals surface area contributed by atoms with Gasteiger partial charge in [-0.05, 0) is 47.4 Å². The topological polar surface area (TPSA) is 84.1 Å². The van der Waals surface area contributed by atoms with Gasteiger partial charge in [0.1, 0.15) is 5.03 Å². The standard InChI is InChI=1S/C15H16O2S.C9H9NO2S/c1-3-12-4-6-13(7-5-12)14-8-10-15(11-9-14)18(2,16)17;1-13(11,12)9-6-7-4-2-3-5-8(7)10-9/h4-11H,3H2,1-2H3;2-6,10H,1H3. The minimum atomic E-state index is -3.12. The van der Waals surface area contributed by atoms with Crippen LogP contribution >= 0.6 is 0 Å².